The van der Waals surface area contributed by atoms with Crippen molar-refractivity contribution < 1.29 is 14.3 Å². The van der Waals surface area contributed by atoms with E-state index >= 15 is 0 Å². The third kappa shape index (κ3) is 5.51. The quantitative estimate of drug-likeness (QED) is 0.600. The van der Waals surface area contributed by atoms with Gasteiger partial charge in [-0.05, 0) is 42.3 Å². The largest absolute Gasteiger partial charge is 0.462 e. The molecule has 0 fully saturated rings. The molecule has 0 aliphatic rings. The summed E-state index contributed by atoms with van der Waals surface area (Å²) in [5.74, 6) is -0.366. The molecule has 150 valence electrons. The first-order valence-electron chi connectivity index (χ1n) is 9.47. The summed E-state index contributed by atoms with van der Waals surface area (Å²) < 4.78 is 5.17. The number of anilines is 1. The molecular formula is C22H23N3O4. The molecule has 3 rings (SSSR count). The van der Waals surface area contributed by atoms with Crippen molar-refractivity contribution in [3.63, 3.8) is 0 Å². The van der Waals surface area contributed by atoms with Crippen LogP contribution in [-0.4, -0.2) is 28.5 Å². The van der Waals surface area contributed by atoms with E-state index in [1.54, 1.807) is 30.3 Å². The average molecular weight is 393 g/mol. The van der Waals surface area contributed by atoms with Crippen molar-refractivity contribution in [1.29, 1.82) is 0 Å². The molecule has 0 saturated heterocycles. The predicted molar refractivity (Wildman–Crippen MR) is 111 cm³/mol. The van der Waals surface area contributed by atoms with Gasteiger partial charge >= 0.3 is 5.97 Å². The van der Waals surface area contributed by atoms with Crippen molar-refractivity contribution in [3.05, 3.63) is 70.1 Å². The molecule has 0 radical (unpaired) electrons. The number of hydrogen-bond donors (Lipinski definition) is 2. The highest BCUT2D eigenvalue weighted by molar-refractivity contribution is 5.93. The number of carbonyl (C=O) groups excluding carboxylic acids is 2. The summed E-state index contributed by atoms with van der Waals surface area (Å²) in [6.45, 7) is 4.29. The van der Waals surface area contributed by atoms with Gasteiger partial charge in [0.1, 0.15) is 5.69 Å². The molecule has 0 atom stereocenters. The summed E-state index contributed by atoms with van der Waals surface area (Å²) in [5.41, 5.74) is 2.37. The van der Waals surface area contributed by atoms with Gasteiger partial charge < -0.3 is 15.0 Å². The van der Waals surface area contributed by atoms with E-state index < -0.39 is 5.97 Å². The van der Waals surface area contributed by atoms with Crippen LogP contribution in [0.2, 0.25) is 0 Å². The fourth-order valence-electron chi connectivity index (χ4n) is 2.71. The summed E-state index contributed by atoms with van der Waals surface area (Å²) in [6.07, 6.45) is 0.345. The number of H-pyrrole nitrogens is 1. The van der Waals surface area contributed by atoms with Crippen LogP contribution in [0.4, 0.5) is 5.69 Å². The highest BCUT2D eigenvalue weighted by Crippen LogP contribution is 2.12. The van der Waals surface area contributed by atoms with Crippen molar-refractivity contribution in [2.24, 2.45) is 5.92 Å². The number of amides is 1. The second-order valence-electron chi connectivity index (χ2n) is 7.15. The minimum Gasteiger partial charge on any atom is -0.462 e. The van der Waals surface area contributed by atoms with Crippen molar-refractivity contribution >= 4 is 28.6 Å². The topological polar surface area (TPSA) is 101 Å². The van der Waals surface area contributed by atoms with E-state index in [9.17, 15) is 14.4 Å². The lowest BCUT2D eigenvalue weighted by atomic mass is 10.2. The first-order valence-corrected chi connectivity index (χ1v) is 9.47. The SMILES string of the molecule is CC(C)COC(=O)c1ccc(NC(=O)CCc2nc3ccccc3[nH]c2=O)cc1. The van der Waals surface area contributed by atoms with Gasteiger partial charge in [-0.2, -0.15) is 0 Å². The maximum Gasteiger partial charge on any atom is 0.338 e. The molecule has 1 heterocycles. The number of esters is 1. The minimum atomic E-state index is -0.391. The molecule has 7 nitrogen and oxygen atoms in total. The number of ether oxygens (including phenoxy) is 1. The molecule has 2 N–H and O–H groups in total. The fraction of sp³-hybridized carbons (Fsp3) is 0.273. The first kappa shape index (κ1) is 20.3. The zero-order valence-electron chi connectivity index (χ0n) is 16.4. The van der Waals surface area contributed by atoms with Crippen molar-refractivity contribution in [2.75, 3.05) is 11.9 Å². The lowest BCUT2D eigenvalue weighted by Crippen LogP contribution is -2.19. The Balaban J connectivity index is 1.56. The van der Waals surface area contributed by atoms with Crippen LogP contribution in [0.1, 0.15) is 36.3 Å². The molecule has 3 aromatic rings. The smallest absolute Gasteiger partial charge is 0.338 e. The zero-order chi connectivity index (χ0) is 20.8. The number of nitrogens with zero attached hydrogens (tertiary/aromatic N) is 1. The Morgan fingerprint density at radius 2 is 1.83 bits per heavy atom. The Kier molecular flexibility index (Phi) is 6.39. The maximum atomic E-state index is 12.2. The molecule has 0 aliphatic heterocycles. The van der Waals surface area contributed by atoms with Crippen LogP contribution in [0, 0.1) is 5.92 Å². The second-order valence-corrected chi connectivity index (χ2v) is 7.15. The second kappa shape index (κ2) is 9.14. The summed E-state index contributed by atoms with van der Waals surface area (Å²) >= 11 is 0. The van der Waals surface area contributed by atoms with Gasteiger partial charge in [-0.15, -0.1) is 0 Å². The number of carbonyl (C=O) groups is 2. The Morgan fingerprint density at radius 1 is 1.10 bits per heavy atom. The fourth-order valence-corrected chi connectivity index (χ4v) is 2.71. The van der Waals surface area contributed by atoms with E-state index in [-0.39, 0.29) is 30.2 Å². The summed E-state index contributed by atoms with van der Waals surface area (Å²) in [5, 5.41) is 2.75. The number of nitrogens with one attached hydrogen (secondary N) is 2. The van der Waals surface area contributed by atoms with Crippen molar-refractivity contribution in [2.45, 2.75) is 26.7 Å². The average Bonchev–Trinajstić information content (AvgIpc) is 2.71. The van der Waals surface area contributed by atoms with E-state index in [1.165, 1.54) is 0 Å². The standard InChI is InChI=1S/C22H23N3O4/c1-14(2)13-29-22(28)15-7-9-16(10-8-15)23-20(26)12-11-19-21(27)25-18-6-4-3-5-17(18)24-19/h3-10,14H,11-13H2,1-2H3,(H,23,26)(H,25,27). The van der Waals surface area contributed by atoms with Crippen molar-refractivity contribution in [1.82, 2.24) is 9.97 Å². The molecule has 1 amide bonds. The van der Waals surface area contributed by atoms with Gasteiger partial charge in [-0.25, -0.2) is 9.78 Å². The Bertz CT molecular complexity index is 1070. The number of benzene rings is 2. The highest BCUT2D eigenvalue weighted by Gasteiger charge is 2.11. The van der Waals surface area contributed by atoms with Gasteiger partial charge in [-0.1, -0.05) is 26.0 Å². The summed E-state index contributed by atoms with van der Waals surface area (Å²) in [7, 11) is 0. The molecule has 1 aromatic heterocycles. The molecule has 2 aromatic carbocycles. The van der Waals surface area contributed by atoms with E-state index in [0.717, 1.165) is 0 Å². The number of fused-ring (bicyclic) bond motifs is 1. The number of aromatic amines is 1. The Hall–Kier alpha value is -3.48. The maximum absolute atomic E-state index is 12.2. The Labute approximate surface area is 168 Å². The normalized spacial score (nSPS) is 10.9. The molecule has 29 heavy (non-hydrogen) atoms. The van der Waals surface area contributed by atoms with Crippen LogP contribution in [0.25, 0.3) is 11.0 Å². The van der Waals surface area contributed by atoms with Gasteiger partial charge in [0.2, 0.25) is 5.91 Å². The van der Waals surface area contributed by atoms with E-state index in [0.29, 0.717) is 34.6 Å². The van der Waals surface area contributed by atoms with Crippen LogP contribution in [-0.2, 0) is 16.0 Å². The molecule has 0 bridgehead atoms. The number of hydrogen-bond acceptors (Lipinski definition) is 5. The van der Waals surface area contributed by atoms with E-state index in [2.05, 4.69) is 15.3 Å². The van der Waals surface area contributed by atoms with Crippen LogP contribution >= 0.6 is 0 Å². The summed E-state index contributed by atoms with van der Waals surface area (Å²) in [6, 6.07) is 13.7. The number of para-hydroxylation sites is 2. The van der Waals surface area contributed by atoms with Crippen LogP contribution < -0.4 is 10.9 Å². The van der Waals surface area contributed by atoms with Crippen LogP contribution in [0.3, 0.4) is 0 Å². The van der Waals surface area contributed by atoms with E-state index in [1.807, 2.05) is 32.0 Å². The van der Waals surface area contributed by atoms with Crippen molar-refractivity contribution in [3.8, 4) is 0 Å². The number of aryl methyl sites for hydroxylation is 1. The number of rotatable bonds is 7. The monoisotopic (exact) mass is 393 g/mol. The number of aromatic nitrogens is 2. The molecule has 0 unspecified atom stereocenters. The van der Waals surface area contributed by atoms with Crippen LogP contribution in [0.5, 0.6) is 0 Å². The lowest BCUT2D eigenvalue weighted by Gasteiger charge is -2.08. The van der Waals surface area contributed by atoms with Gasteiger partial charge in [0, 0.05) is 18.5 Å². The van der Waals surface area contributed by atoms with Gasteiger partial charge in [0.25, 0.3) is 5.56 Å². The molecule has 0 spiro atoms. The highest BCUT2D eigenvalue weighted by atomic mass is 16.5. The lowest BCUT2D eigenvalue weighted by molar-refractivity contribution is -0.116. The Morgan fingerprint density at radius 3 is 2.55 bits per heavy atom. The zero-order valence-corrected chi connectivity index (χ0v) is 16.4. The predicted octanol–water partition coefficient (Wildman–Crippen LogP) is 3.31. The first-order chi connectivity index (χ1) is 13.9. The third-order valence-electron chi connectivity index (χ3n) is 4.21. The van der Waals surface area contributed by atoms with Gasteiger partial charge in [0.05, 0.1) is 23.2 Å². The molecule has 7 heteroatoms. The molecular weight excluding hydrogens is 370 g/mol. The van der Waals surface area contributed by atoms with Crippen LogP contribution in [0.15, 0.2) is 53.3 Å². The van der Waals surface area contributed by atoms with Gasteiger partial charge in [-0.3, -0.25) is 9.59 Å². The van der Waals surface area contributed by atoms with E-state index in [4.69, 9.17) is 4.74 Å². The molecule has 0 saturated carbocycles. The molecule has 0 aliphatic carbocycles. The van der Waals surface area contributed by atoms with Gasteiger partial charge in [0.15, 0.2) is 0 Å². The summed E-state index contributed by atoms with van der Waals surface area (Å²) in [4.78, 5) is 43.4. The minimum absolute atomic E-state index is 0.118. The third-order valence-corrected chi connectivity index (χ3v) is 4.21.